The summed E-state index contributed by atoms with van der Waals surface area (Å²) in [4.78, 5) is 26.1. The highest BCUT2D eigenvalue weighted by molar-refractivity contribution is 7.14. The second kappa shape index (κ2) is 6.07. The molecule has 0 unspecified atom stereocenters. The monoisotopic (exact) mass is 289 g/mol. The Balaban J connectivity index is 2.11. The number of benzene rings is 1. The summed E-state index contributed by atoms with van der Waals surface area (Å²) in [6, 6.07) is 6.19. The van der Waals surface area contributed by atoms with Crippen LogP contribution in [-0.2, 0) is 0 Å². The third-order valence-electron chi connectivity index (χ3n) is 2.50. The molecular formula is C13H11N3O3S. The van der Waals surface area contributed by atoms with Crippen LogP contribution < -0.4 is 5.32 Å². The fraction of sp³-hybridized carbons (Fsp3) is 0.0769. The summed E-state index contributed by atoms with van der Waals surface area (Å²) in [5, 5.41) is 13.8. The number of nitrogens with one attached hydrogen (secondary N) is 1. The van der Waals surface area contributed by atoms with Gasteiger partial charge in [-0.1, -0.05) is 6.08 Å². The Bertz CT molecular complexity index is 662. The minimum absolute atomic E-state index is 0.0540. The average Bonchev–Trinajstić information content (AvgIpc) is 2.93. The molecule has 2 aromatic rings. The van der Waals surface area contributed by atoms with Gasteiger partial charge in [0.15, 0.2) is 0 Å². The maximum Gasteiger partial charge on any atom is 0.269 e. The van der Waals surface area contributed by atoms with Crippen molar-refractivity contribution in [2.75, 3.05) is 7.05 Å². The van der Waals surface area contributed by atoms with E-state index in [1.54, 1.807) is 31.3 Å². The van der Waals surface area contributed by atoms with Gasteiger partial charge in [-0.3, -0.25) is 14.9 Å². The van der Waals surface area contributed by atoms with Gasteiger partial charge in [-0.15, -0.1) is 11.3 Å². The predicted octanol–water partition coefficient (Wildman–Crippen LogP) is 2.58. The van der Waals surface area contributed by atoms with Crippen molar-refractivity contribution in [2.24, 2.45) is 0 Å². The van der Waals surface area contributed by atoms with Gasteiger partial charge in [-0.2, -0.15) is 0 Å². The molecule has 0 aliphatic carbocycles. The zero-order valence-electron chi connectivity index (χ0n) is 10.6. The van der Waals surface area contributed by atoms with E-state index in [0.717, 1.165) is 5.56 Å². The first-order valence-electron chi connectivity index (χ1n) is 5.70. The lowest BCUT2D eigenvalue weighted by atomic mass is 10.2. The van der Waals surface area contributed by atoms with E-state index in [4.69, 9.17) is 0 Å². The Morgan fingerprint density at radius 3 is 2.65 bits per heavy atom. The number of nitrogens with zero attached hydrogens (tertiary/aromatic N) is 2. The molecule has 1 heterocycles. The molecule has 1 aromatic heterocycles. The zero-order chi connectivity index (χ0) is 14.5. The van der Waals surface area contributed by atoms with Gasteiger partial charge in [-0.25, -0.2) is 4.98 Å². The predicted molar refractivity (Wildman–Crippen MR) is 77.5 cm³/mol. The quantitative estimate of drug-likeness (QED) is 0.692. The van der Waals surface area contributed by atoms with Crippen molar-refractivity contribution in [3.05, 3.63) is 56.0 Å². The first kappa shape index (κ1) is 13.9. The van der Waals surface area contributed by atoms with Gasteiger partial charge in [0.2, 0.25) is 0 Å². The van der Waals surface area contributed by atoms with E-state index in [9.17, 15) is 14.9 Å². The summed E-state index contributed by atoms with van der Waals surface area (Å²) in [7, 11) is 1.56. The van der Waals surface area contributed by atoms with Crippen LogP contribution in [0.1, 0.15) is 20.2 Å². The number of carbonyl (C=O) groups excluding carboxylic acids is 1. The van der Waals surface area contributed by atoms with Crippen LogP contribution >= 0.6 is 11.3 Å². The highest BCUT2D eigenvalue weighted by atomic mass is 32.1. The van der Waals surface area contributed by atoms with E-state index in [2.05, 4.69) is 10.3 Å². The van der Waals surface area contributed by atoms with Crippen LogP contribution in [0.3, 0.4) is 0 Å². The topological polar surface area (TPSA) is 85.1 Å². The molecule has 7 heteroatoms. The maximum absolute atomic E-state index is 11.4. The third kappa shape index (κ3) is 3.27. The van der Waals surface area contributed by atoms with E-state index in [1.165, 1.54) is 29.7 Å². The fourth-order valence-corrected chi connectivity index (χ4v) is 2.23. The minimum Gasteiger partial charge on any atom is -0.354 e. The number of carbonyl (C=O) groups is 1. The van der Waals surface area contributed by atoms with Gasteiger partial charge in [-0.05, 0) is 23.8 Å². The van der Waals surface area contributed by atoms with Crippen LogP contribution in [0.15, 0.2) is 30.5 Å². The number of hydrogen-bond donors (Lipinski definition) is 1. The molecule has 0 aliphatic heterocycles. The summed E-state index contributed by atoms with van der Waals surface area (Å²) < 4.78 is 0. The van der Waals surface area contributed by atoms with Gasteiger partial charge < -0.3 is 5.32 Å². The molecule has 20 heavy (non-hydrogen) atoms. The van der Waals surface area contributed by atoms with Crippen molar-refractivity contribution in [3.63, 3.8) is 0 Å². The Labute approximate surface area is 118 Å². The first-order valence-corrected chi connectivity index (χ1v) is 6.52. The Morgan fingerprint density at radius 2 is 2.05 bits per heavy atom. The summed E-state index contributed by atoms with van der Waals surface area (Å²) in [5.74, 6) is -0.169. The second-order valence-electron chi connectivity index (χ2n) is 3.82. The van der Waals surface area contributed by atoms with Gasteiger partial charge in [0.25, 0.3) is 11.6 Å². The van der Waals surface area contributed by atoms with Crippen molar-refractivity contribution in [1.29, 1.82) is 0 Å². The molecule has 6 nitrogen and oxygen atoms in total. The molecule has 0 atom stereocenters. The number of non-ortho nitro benzene ring substituents is 1. The molecule has 102 valence electrons. The summed E-state index contributed by atoms with van der Waals surface area (Å²) in [5.41, 5.74) is 0.880. The average molecular weight is 289 g/mol. The first-order chi connectivity index (χ1) is 9.60. The highest BCUT2D eigenvalue weighted by Crippen LogP contribution is 2.17. The van der Waals surface area contributed by atoms with Gasteiger partial charge in [0.1, 0.15) is 9.88 Å². The molecule has 0 saturated carbocycles. The summed E-state index contributed by atoms with van der Waals surface area (Å²) >= 11 is 1.27. The lowest BCUT2D eigenvalue weighted by molar-refractivity contribution is -0.384. The number of aromatic nitrogens is 1. The normalized spacial score (nSPS) is 10.7. The second-order valence-corrected chi connectivity index (χ2v) is 4.89. The van der Waals surface area contributed by atoms with Crippen LogP contribution in [0.25, 0.3) is 12.2 Å². The van der Waals surface area contributed by atoms with E-state index < -0.39 is 4.92 Å². The van der Waals surface area contributed by atoms with Gasteiger partial charge in [0, 0.05) is 19.2 Å². The molecule has 2 rings (SSSR count). The number of hydrogen-bond acceptors (Lipinski definition) is 5. The molecule has 0 aliphatic rings. The Hall–Kier alpha value is -2.54. The SMILES string of the molecule is CNC(=O)c1cnc(/C=C/c2ccc([N+](=O)[O-])cc2)s1. The van der Waals surface area contributed by atoms with Gasteiger partial charge >= 0.3 is 0 Å². The van der Waals surface area contributed by atoms with E-state index in [0.29, 0.717) is 9.88 Å². The van der Waals surface area contributed by atoms with Crippen LogP contribution in [0.5, 0.6) is 0 Å². The highest BCUT2D eigenvalue weighted by Gasteiger charge is 2.07. The van der Waals surface area contributed by atoms with Crippen molar-refractivity contribution in [2.45, 2.75) is 0 Å². The number of nitro groups is 1. The molecule has 0 fully saturated rings. The van der Waals surface area contributed by atoms with Gasteiger partial charge in [0.05, 0.1) is 11.1 Å². The largest absolute Gasteiger partial charge is 0.354 e. The van der Waals surface area contributed by atoms with Crippen molar-refractivity contribution in [3.8, 4) is 0 Å². The van der Waals surface area contributed by atoms with Crippen molar-refractivity contribution in [1.82, 2.24) is 10.3 Å². The summed E-state index contributed by atoms with van der Waals surface area (Å²) in [6.45, 7) is 0. The number of thiazole rings is 1. The molecular weight excluding hydrogens is 278 g/mol. The van der Waals surface area contributed by atoms with Crippen LogP contribution in [-0.4, -0.2) is 22.9 Å². The minimum atomic E-state index is -0.441. The molecule has 1 aromatic carbocycles. The van der Waals surface area contributed by atoms with E-state index >= 15 is 0 Å². The van der Waals surface area contributed by atoms with Crippen molar-refractivity contribution >= 4 is 35.1 Å². The van der Waals surface area contributed by atoms with E-state index in [1.807, 2.05) is 0 Å². The Morgan fingerprint density at radius 1 is 1.35 bits per heavy atom. The molecule has 0 radical (unpaired) electrons. The molecule has 0 saturated heterocycles. The molecule has 0 bridgehead atoms. The zero-order valence-corrected chi connectivity index (χ0v) is 11.4. The third-order valence-corrected chi connectivity index (χ3v) is 3.46. The summed E-state index contributed by atoms with van der Waals surface area (Å²) in [6.07, 6.45) is 5.06. The maximum atomic E-state index is 11.4. The van der Waals surface area contributed by atoms with Crippen LogP contribution in [0, 0.1) is 10.1 Å². The van der Waals surface area contributed by atoms with E-state index in [-0.39, 0.29) is 11.6 Å². The van der Waals surface area contributed by atoms with Crippen LogP contribution in [0.2, 0.25) is 0 Å². The molecule has 1 N–H and O–H groups in total. The smallest absolute Gasteiger partial charge is 0.269 e. The number of nitro benzene ring substituents is 1. The number of amides is 1. The lowest BCUT2D eigenvalue weighted by Crippen LogP contribution is -2.16. The van der Waals surface area contributed by atoms with Crippen LogP contribution in [0.4, 0.5) is 5.69 Å². The standard InChI is InChI=1S/C13H11N3O3S/c1-14-13(17)11-8-15-12(20-11)7-4-9-2-5-10(6-3-9)16(18)19/h2-8H,1H3,(H,14,17)/b7-4+. The molecule has 0 spiro atoms. The fourth-order valence-electron chi connectivity index (χ4n) is 1.47. The molecule has 1 amide bonds. The number of rotatable bonds is 4. The Kier molecular flexibility index (Phi) is 4.21. The van der Waals surface area contributed by atoms with Crippen molar-refractivity contribution < 1.29 is 9.72 Å². The lowest BCUT2D eigenvalue weighted by Gasteiger charge is -1.93.